The highest BCUT2D eigenvalue weighted by Crippen LogP contribution is 2.53. The predicted octanol–water partition coefficient (Wildman–Crippen LogP) is 19.2. The summed E-state index contributed by atoms with van der Waals surface area (Å²) < 4.78 is 39.3. The second-order valence-corrected chi connectivity index (χ2v) is 21.7. The van der Waals surface area contributed by atoms with Gasteiger partial charge in [0.2, 0.25) is 23.0 Å². The average Bonchev–Trinajstić information content (AvgIpc) is 3.45. The minimum Gasteiger partial charge on any atom is -0.504 e. The Morgan fingerprint density at radius 2 is 0.662 bits per heavy atom. The zero-order valence-electron chi connectivity index (χ0n) is 46.7. The molecule has 0 unspecified atom stereocenters. The number of aryl methyl sites for hydroxylation is 3. The molecule has 3 aliphatic carbocycles. The molecule has 8 heteroatoms. The molecule has 0 atom stereocenters. The molecule has 3 aliphatic rings. The first kappa shape index (κ1) is 56.2. The molecule has 0 saturated heterocycles. The third kappa shape index (κ3) is 13.5. The van der Waals surface area contributed by atoms with Crippen molar-refractivity contribution < 1.29 is 38.6 Å². The van der Waals surface area contributed by atoms with Gasteiger partial charge in [-0.05, 0) is 172 Å². The van der Waals surface area contributed by atoms with Crippen molar-refractivity contribution in [3.63, 3.8) is 0 Å². The summed E-state index contributed by atoms with van der Waals surface area (Å²) in [6.45, 7) is 20.2. The molecule has 5 aromatic carbocycles. The van der Waals surface area contributed by atoms with Crippen LogP contribution < -0.4 is 28.4 Å². The van der Waals surface area contributed by atoms with Gasteiger partial charge in [-0.2, -0.15) is 0 Å². The van der Waals surface area contributed by atoms with Crippen molar-refractivity contribution in [1.82, 2.24) is 0 Å². The van der Waals surface area contributed by atoms with Gasteiger partial charge in [-0.1, -0.05) is 155 Å². The van der Waals surface area contributed by atoms with Gasteiger partial charge in [0.25, 0.3) is 0 Å². The Bertz CT molecular complexity index is 2500. The molecule has 0 radical (unpaired) electrons. The summed E-state index contributed by atoms with van der Waals surface area (Å²) in [5.74, 6) is 5.19. The maximum Gasteiger partial charge on any atom is 0.216 e. The van der Waals surface area contributed by atoms with E-state index in [9.17, 15) is 10.2 Å². The molecule has 74 heavy (non-hydrogen) atoms. The monoisotopic (exact) mass is 1010 g/mol. The molecule has 0 aromatic heterocycles. The van der Waals surface area contributed by atoms with Crippen LogP contribution in [0.2, 0.25) is 0 Å². The molecule has 8 rings (SSSR count). The number of ether oxygens (including phenoxy) is 6. The number of hydrogen-bond acceptors (Lipinski definition) is 8. The lowest BCUT2D eigenvalue weighted by Gasteiger charge is -2.41. The van der Waals surface area contributed by atoms with Gasteiger partial charge >= 0.3 is 0 Å². The molecular formula is C66H90O8. The number of phenols is 2. The molecule has 0 bridgehead atoms. The van der Waals surface area contributed by atoms with Crippen molar-refractivity contribution in [2.45, 2.75) is 215 Å². The van der Waals surface area contributed by atoms with Gasteiger partial charge in [0.1, 0.15) is 17.2 Å². The predicted molar refractivity (Wildman–Crippen MR) is 302 cm³/mol. The molecule has 5 aromatic rings. The first-order chi connectivity index (χ1) is 35.9. The first-order valence-corrected chi connectivity index (χ1v) is 28.9. The van der Waals surface area contributed by atoms with Crippen LogP contribution in [0.4, 0.5) is 0 Å². The van der Waals surface area contributed by atoms with Crippen LogP contribution in [0.25, 0.3) is 0 Å². The van der Waals surface area contributed by atoms with Gasteiger partial charge in [0.05, 0.1) is 18.3 Å². The van der Waals surface area contributed by atoms with Gasteiger partial charge < -0.3 is 38.6 Å². The van der Waals surface area contributed by atoms with Crippen molar-refractivity contribution in [3.05, 3.63) is 114 Å². The molecule has 0 aliphatic heterocycles. The van der Waals surface area contributed by atoms with E-state index in [-0.39, 0.29) is 35.6 Å². The van der Waals surface area contributed by atoms with Crippen molar-refractivity contribution in [2.24, 2.45) is 16.2 Å². The average molecular weight is 1010 g/mol. The normalized spacial score (nSPS) is 17.6. The minimum atomic E-state index is -0.0222. The molecule has 2 N–H and O–H groups in total. The van der Waals surface area contributed by atoms with Crippen LogP contribution >= 0.6 is 0 Å². The first-order valence-electron chi connectivity index (χ1n) is 28.9. The SMILES string of the molecule is CCC1(CC)CCC(Oc2ccc(O)c(OC3CCC(CC)(CC)CC3)c2OC2CCC(CC)(CC)CC2)CC1.CCc1ccccc1Oc1ccc(O)c(Oc2ccccc2CC)c1Oc1ccccc1CC. The van der Waals surface area contributed by atoms with Crippen LogP contribution in [0.1, 0.15) is 195 Å². The summed E-state index contributed by atoms with van der Waals surface area (Å²) in [6, 6.07) is 30.5. The van der Waals surface area contributed by atoms with Gasteiger partial charge in [-0.3, -0.25) is 0 Å². The van der Waals surface area contributed by atoms with Crippen LogP contribution in [0.3, 0.4) is 0 Å². The van der Waals surface area contributed by atoms with Crippen molar-refractivity contribution in [3.8, 4) is 63.2 Å². The zero-order valence-corrected chi connectivity index (χ0v) is 46.7. The van der Waals surface area contributed by atoms with Gasteiger partial charge in [-0.25, -0.2) is 0 Å². The molecule has 8 nitrogen and oxygen atoms in total. The molecule has 402 valence electrons. The fraction of sp³-hybridized carbons (Fsp3) is 0.545. The Morgan fingerprint density at radius 3 is 1.05 bits per heavy atom. The maximum absolute atomic E-state index is 11.1. The molecule has 0 spiro atoms. The van der Waals surface area contributed by atoms with Crippen molar-refractivity contribution in [2.75, 3.05) is 0 Å². The second kappa shape index (κ2) is 26.3. The summed E-state index contributed by atoms with van der Waals surface area (Å²) in [6.07, 6.45) is 23.9. The summed E-state index contributed by atoms with van der Waals surface area (Å²) in [4.78, 5) is 0. The number of rotatable bonds is 21. The Labute approximate surface area is 445 Å². The third-order valence-corrected chi connectivity index (χ3v) is 18.2. The van der Waals surface area contributed by atoms with Gasteiger partial charge in [0, 0.05) is 0 Å². The number of phenolic OH excluding ortho intramolecular Hbond substituents is 2. The topological polar surface area (TPSA) is 95.8 Å². The third-order valence-electron chi connectivity index (χ3n) is 18.2. The van der Waals surface area contributed by atoms with E-state index in [4.69, 9.17) is 28.4 Å². The molecule has 3 fully saturated rings. The summed E-state index contributed by atoms with van der Waals surface area (Å²) in [7, 11) is 0. The second-order valence-electron chi connectivity index (χ2n) is 21.7. The lowest BCUT2D eigenvalue weighted by molar-refractivity contribution is 0.0457. The highest BCUT2D eigenvalue weighted by molar-refractivity contribution is 5.63. The minimum absolute atomic E-state index is 0.0222. The van der Waals surface area contributed by atoms with Crippen LogP contribution in [-0.2, 0) is 19.3 Å². The van der Waals surface area contributed by atoms with Crippen LogP contribution in [0, 0.1) is 16.2 Å². The molecule has 0 amide bonds. The largest absolute Gasteiger partial charge is 0.504 e. The van der Waals surface area contributed by atoms with E-state index in [0.717, 1.165) is 86.0 Å². The van der Waals surface area contributed by atoms with Gasteiger partial charge in [0.15, 0.2) is 23.0 Å². The summed E-state index contributed by atoms with van der Waals surface area (Å²) in [5, 5.41) is 22.0. The van der Waals surface area contributed by atoms with Crippen molar-refractivity contribution in [1.29, 1.82) is 0 Å². The van der Waals surface area contributed by atoms with E-state index in [1.165, 1.54) is 77.0 Å². The van der Waals surface area contributed by atoms with Crippen LogP contribution in [0.5, 0.6) is 63.2 Å². The molecule has 0 heterocycles. The number of para-hydroxylation sites is 3. The lowest BCUT2D eigenvalue weighted by Crippen LogP contribution is -2.33. The smallest absolute Gasteiger partial charge is 0.216 e. The summed E-state index contributed by atoms with van der Waals surface area (Å²) in [5.41, 5.74) is 4.54. The number of hydrogen-bond donors (Lipinski definition) is 2. The fourth-order valence-corrected chi connectivity index (χ4v) is 12.0. The quantitative estimate of drug-likeness (QED) is 0.0751. The molecule has 3 saturated carbocycles. The Morgan fingerprint density at radius 1 is 0.338 bits per heavy atom. The molecular weight excluding hydrogens is 921 g/mol. The van der Waals surface area contributed by atoms with Gasteiger partial charge in [-0.15, -0.1) is 0 Å². The van der Waals surface area contributed by atoms with E-state index >= 15 is 0 Å². The number of aromatic hydroxyl groups is 2. The van der Waals surface area contributed by atoms with Crippen LogP contribution in [0.15, 0.2) is 97.1 Å². The highest BCUT2D eigenvalue weighted by atomic mass is 16.6. The lowest BCUT2D eigenvalue weighted by atomic mass is 9.69. The van der Waals surface area contributed by atoms with E-state index in [1.54, 1.807) is 18.2 Å². The van der Waals surface area contributed by atoms with Crippen LogP contribution in [-0.4, -0.2) is 28.5 Å². The maximum atomic E-state index is 11.1. The van der Waals surface area contributed by atoms with E-state index in [0.29, 0.717) is 50.7 Å². The standard InChI is InChI=1S/C36H60O4.C30H30O4/c1-7-34(8-2)21-15-27(16-22-34)38-31-14-13-30(37)32(39-28-17-23-35(9-3,10-4)24-18-28)33(31)40-29-19-25-36(11-5,12-6)26-20-29;1-4-21-13-7-10-16-25(21)32-28-20-19-24(31)29(33-26-17-11-8-14-22(26)5-2)30(28)34-27-18-12-9-15-23(27)6-3/h13-14,27-29,37H,7-12,15-26H2,1-6H3;7-20,31H,4-6H2,1-3H3. The van der Waals surface area contributed by atoms with E-state index in [1.807, 2.05) is 78.9 Å². The van der Waals surface area contributed by atoms with E-state index in [2.05, 4.69) is 62.3 Å². The Hall–Kier alpha value is -5.50. The Balaban J connectivity index is 0.000000219. The zero-order chi connectivity index (χ0) is 52.7. The Kier molecular flexibility index (Phi) is 20.0. The van der Waals surface area contributed by atoms with Crippen molar-refractivity contribution >= 4 is 0 Å². The summed E-state index contributed by atoms with van der Waals surface area (Å²) >= 11 is 0. The fourth-order valence-electron chi connectivity index (χ4n) is 12.0. The highest BCUT2D eigenvalue weighted by Gasteiger charge is 2.38. The number of benzene rings is 5. The van der Waals surface area contributed by atoms with E-state index < -0.39 is 0 Å².